The maximum absolute atomic E-state index is 9.22. The van der Waals surface area contributed by atoms with E-state index in [0.717, 1.165) is 55.7 Å². The van der Waals surface area contributed by atoms with Crippen LogP contribution in [0.4, 0.5) is 0 Å². The number of fused-ring (bicyclic) bond motifs is 3. The summed E-state index contributed by atoms with van der Waals surface area (Å²) in [6.45, 7) is 0. The molecule has 0 atom stereocenters. The zero-order valence-corrected chi connectivity index (χ0v) is 23.3. The van der Waals surface area contributed by atoms with E-state index in [2.05, 4.69) is 126 Å². The van der Waals surface area contributed by atoms with Gasteiger partial charge in [-0.05, 0) is 86.8 Å². The lowest BCUT2D eigenvalue weighted by atomic mass is 9.95. The number of nitrogens with zero attached hydrogens (tertiary/aromatic N) is 3. The number of hydrogen-bond acceptors (Lipinski definition) is 2. The molecule has 3 heteroatoms. The van der Waals surface area contributed by atoms with E-state index in [-0.39, 0.29) is 0 Å². The number of imidazole rings is 1. The zero-order valence-electron chi connectivity index (χ0n) is 23.3. The smallest absolute Gasteiger partial charge is 0.145 e. The molecule has 0 unspecified atom stereocenters. The Balaban J connectivity index is 1.38. The molecule has 1 heterocycles. The normalized spacial score (nSPS) is 11.2. The molecule has 0 amide bonds. The second-order valence-electron chi connectivity index (χ2n) is 10.8. The zero-order chi connectivity index (χ0) is 28.8. The van der Waals surface area contributed by atoms with Crippen LogP contribution in [-0.4, -0.2) is 9.55 Å². The van der Waals surface area contributed by atoms with Gasteiger partial charge in [0, 0.05) is 11.1 Å². The quantitative estimate of drug-likeness (QED) is 0.220. The Bertz CT molecular complexity index is 2340. The van der Waals surface area contributed by atoms with E-state index in [4.69, 9.17) is 4.98 Å². The molecule has 8 aromatic rings. The summed E-state index contributed by atoms with van der Waals surface area (Å²) in [6, 6.07) is 55.2. The Morgan fingerprint density at radius 2 is 1.14 bits per heavy atom. The lowest BCUT2D eigenvalue weighted by molar-refractivity contribution is 1.11. The van der Waals surface area contributed by atoms with Crippen LogP contribution in [0.15, 0.2) is 152 Å². The maximum Gasteiger partial charge on any atom is 0.145 e. The van der Waals surface area contributed by atoms with Gasteiger partial charge in [-0.15, -0.1) is 0 Å². The molecule has 0 spiro atoms. The largest absolute Gasteiger partial charge is 0.292 e. The van der Waals surface area contributed by atoms with Crippen LogP contribution in [0.25, 0.3) is 71.9 Å². The molecule has 0 aliphatic heterocycles. The van der Waals surface area contributed by atoms with Crippen LogP contribution in [0, 0.1) is 11.3 Å². The Morgan fingerprint density at radius 1 is 0.488 bits per heavy atom. The topological polar surface area (TPSA) is 41.6 Å². The number of hydrogen-bond donors (Lipinski definition) is 0. The predicted molar refractivity (Wildman–Crippen MR) is 177 cm³/mol. The fraction of sp³-hybridized carbons (Fsp3) is 0. The minimum absolute atomic E-state index is 0.664. The van der Waals surface area contributed by atoms with Crippen molar-refractivity contribution in [1.29, 1.82) is 5.26 Å². The molecule has 3 nitrogen and oxygen atoms in total. The lowest BCUT2D eigenvalue weighted by Gasteiger charge is -2.17. The van der Waals surface area contributed by atoms with Gasteiger partial charge < -0.3 is 0 Å². The molecule has 0 radical (unpaired) electrons. The Hall–Kier alpha value is -5.98. The minimum Gasteiger partial charge on any atom is -0.292 e. The molecule has 0 aliphatic carbocycles. The van der Waals surface area contributed by atoms with Gasteiger partial charge in [-0.25, -0.2) is 4.98 Å². The first-order chi connectivity index (χ1) is 21.2. The SMILES string of the molecule is N#Cc1ccc(-c2ccc3ccc(-c4cc5ccccc5cc4-n4c(-c5ccccc5)nc5ccccc54)cc3c2)cc1. The Morgan fingerprint density at radius 3 is 1.93 bits per heavy atom. The second-order valence-corrected chi connectivity index (χ2v) is 10.8. The summed E-state index contributed by atoms with van der Waals surface area (Å²) in [7, 11) is 0. The predicted octanol–water partition coefficient (Wildman–Crippen LogP) is 10.2. The molecular formula is C40H25N3. The van der Waals surface area contributed by atoms with Crippen LogP contribution in [0.2, 0.25) is 0 Å². The van der Waals surface area contributed by atoms with Gasteiger partial charge in [0.2, 0.25) is 0 Å². The van der Waals surface area contributed by atoms with Crippen molar-refractivity contribution in [2.45, 2.75) is 0 Å². The summed E-state index contributed by atoms with van der Waals surface area (Å²) >= 11 is 0. The standard InChI is InChI=1S/C40H25N3/c41-26-27-14-16-28(17-15-27)33-20-18-29-19-21-34(23-35(29)22-33)36-24-31-10-4-5-11-32(31)25-39(36)43-38-13-7-6-12-37(38)42-40(43)30-8-2-1-3-9-30/h1-25H. The van der Waals surface area contributed by atoms with Crippen molar-refractivity contribution in [3.8, 4) is 45.4 Å². The summed E-state index contributed by atoms with van der Waals surface area (Å²) in [5.74, 6) is 0.919. The Kier molecular flexibility index (Phi) is 5.84. The molecule has 0 bridgehead atoms. The van der Waals surface area contributed by atoms with E-state index in [1.54, 1.807) is 0 Å². The van der Waals surface area contributed by atoms with Gasteiger partial charge in [-0.1, -0.05) is 103 Å². The molecular weight excluding hydrogens is 522 g/mol. The van der Waals surface area contributed by atoms with E-state index in [9.17, 15) is 5.26 Å². The van der Waals surface area contributed by atoms with Crippen molar-refractivity contribution in [3.05, 3.63) is 157 Å². The molecule has 43 heavy (non-hydrogen) atoms. The van der Waals surface area contributed by atoms with Crippen molar-refractivity contribution < 1.29 is 0 Å². The molecule has 8 rings (SSSR count). The number of nitriles is 1. The van der Waals surface area contributed by atoms with Gasteiger partial charge in [0.05, 0.1) is 28.4 Å². The van der Waals surface area contributed by atoms with Crippen molar-refractivity contribution in [2.24, 2.45) is 0 Å². The van der Waals surface area contributed by atoms with Crippen LogP contribution >= 0.6 is 0 Å². The molecule has 0 saturated heterocycles. The highest BCUT2D eigenvalue weighted by Gasteiger charge is 2.18. The summed E-state index contributed by atoms with van der Waals surface area (Å²) in [6.07, 6.45) is 0. The number of para-hydroxylation sites is 2. The maximum atomic E-state index is 9.22. The van der Waals surface area contributed by atoms with Crippen molar-refractivity contribution in [1.82, 2.24) is 9.55 Å². The van der Waals surface area contributed by atoms with Crippen molar-refractivity contribution in [2.75, 3.05) is 0 Å². The number of aromatic nitrogens is 2. The molecule has 0 aliphatic rings. The van der Waals surface area contributed by atoms with E-state index in [0.29, 0.717) is 5.56 Å². The first-order valence-corrected chi connectivity index (χ1v) is 14.4. The highest BCUT2D eigenvalue weighted by Crippen LogP contribution is 2.38. The van der Waals surface area contributed by atoms with E-state index in [1.165, 1.54) is 16.2 Å². The number of benzene rings is 7. The van der Waals surface area contributed by atoms with Gasteiger partial charge in [-0.2, -0.15) is 5.26 Å². The van der Waals surface area contributed by atoms with Crippen LogP contribution in [0.3, 0.4) is 0 Å². The highest BCUT2D eigenvalue weighted by molar-refractivity contribution is 5.97. The average molecular weight is 548 g/mol. The van der Waals surface area contributed by atoms with E-state index < -0.39 is 0 Å². The van der Waals surface area contributed by atoms with Crippen LogP contribution in [-0.2, 0) is 0 Å². The Labute approximate surface area is 249 Å². The summed E-state index contributed by atoms with van der Waals surface area (Å²) in [5.41, 5.74) is 9.37. The fourth-order valence-corrected chi connectivity index (χ4v) is 6.03. The third kappa shape index (κ3) is 4.34. The van der Waals surface area contributed by atoms with Crippen LogP contribution in [0.1, 0.15) is 5.56 Å². The molecule has 0 saturated carbocycles. The minimum atomic E-state index is 0.664. The number of rotatable bonds is 4. The lowest BCUT2D eigenvalue weighted by Crippen LogP contribution is -2.00. The second kappa shape index (κ2) is 10.1. The van der Waals surface area contributed by atoms with Gasteiger partial charge in [0.25, 0.3) is 0 Å². The highest BCUT2D eigenvalue weighted by atomic mass is 15.1. The molecule has 200 valence electrons. The summed E-state index contributed by atoms with van der Waals surface area (Å²) in [5, 5.41) is 13.9. The van der Waals surface area contributed by atoms with Gasteiger partial charge in [0.15, 0.2) is 0 Å². The van der Waals surface area contributed by atoms with Crippen molar-refractivity contribution in [3.63, 3.8) is 0 Å². The van der Waals surface area contributed by atoms with Gasteiger partial charge in [0.1, 0.15) is 5.82 Å². The summed E-state index contributed by atoms with van der Waals surface area (Å²) < 4.78 is 2.31. The van der Waals surface area contributed by atoms with E-state index in [1.807, 2.05) is 36.4 Å². The third-order valence-corrected chi connectivity index (χ3v) is 8.20. The third-order valence-electron chi connectivity index (χ3n) is 8.20. The van der Waals surface area contributed by atoms with E-state index >= 15 is 0 Å². The van der Waals surface area contributed by atoms with Crippen molar-refractivity contribution >= 4 is 32.6 Å². The molecule has 0 N–H and O–H groups in total. The van der Waals surface area contributed by atoms with Crippen LogP contribution in [0.5, 0.6) is 0 Å². The molecule has 7 aromatic carbocycles. The van der Waals surface area contributed by atoms with Gasteiger partial charge >= 0.3 is 0 Å². The fourth-order valence-electron chi connectivity index (χ4n) is 6.03. The average Bonchev–Trinajstić information content (AvgIpc) is 3.47. The van der Waals surface area contributed by atoms with Crippen LogP contribution < -0.4 is 0 Å². The summed E-state index contributed by atoms with van der Waals surface area (Å²) in [4.78, 5) is 5.12. The monoisotopic (exact) mass is 547 g/mol. The first-order valence-electron chi connectivity index (χ1n) is 14.4. The molecule has 1 aromatic heterocycles. The molecule has 0 fully saturated rings. The van der Waals surface area contributed by atoms with Gasteiger partial charge in [-0.3, -0.25) is 4.57 Å². The first kappa shape index (κ1) is 24.8.